The molecule has 0 unspecified atom stereocenters. The zero-order valence-electron chi connectivity index (χ0n) is 15.5. The van der Waals surface area contributed by atoms with Crippen LogP contribution in [0.1, 0.15) is 12.5 Å². The van der Waals surface area contributed by atoms with Crippen LogP contribution in [0.25, 0.3) is 0 Å². The zero-order valence-corrected chi connectivity index (χ0v) is 17.8. The van der Waals surface area contributed by atoms with Crippen molar-refractivity contribution in [3.05, 3.63) is 53.6 Å². The van der Waals surface area contributed by atoms with E-state index >= 15 is 0 Å². The number of aliphatic imine (C=N–C) groups is 1. The lowest BCUT2D eigenvalue weighted by atomic mass is 10.1. The predicted molar refractivity (Wildman–Crippen MR) is 115 cm³/mol. The van der Waals surface area contributed by atoms with Crippen molar-refractivity contribution in [3.8, 4) is 11.5 Å². The van der Waals surface area contributed by atoms with Gasteiger partial charge in [-0.1, -0.05) is 0 Å². The second kappa shape index (κ2) is 11.6. The SMILES string of the molecule is CCNC(=NCCc1cc(F)cc(F)c1)Nc1ccc(OC)c(OC)c1.I. The van der Waals surface area contributed by atoms with Gasteiger partial charge in [-0.15, -0.1) is 24.0 Å². The Morgan fingerprint density at radius 1 is 1.00 bits per heavy atom. The molecule has 0 atom stereocenters. The van der Waals surface area contributed by atoms with Crippen LogP contribution < -0.4 is 20.1 Å². The van der Waals surface area contributed by atoms with Crippen LogP contribution >= 0.6 is 24.0 Å². The van der Waals surface area contributed by atoms with Gasteiger partial charge in [0.25, 0.3) is 0 Å². The highest BCUT2D eigenvalue weighted by molar-refractivity contribution is 14.0. The molecule has 5 nitrogen and oxygen atoms in total. The Labute approximate surface area is 175 Å². The number of methoxy groups -OCH3 is 2. The summed E-state index contributed by atoms with van der Waals surface area (Å²) in [5, 5.41) is 6.30. The van der Waals surface area contributed by atoms with E-state index in [2.05, 4.69) is 15.6 Å². The molecule has 0 aliphatic carbocycles. The first-order valence-electron chi connectivity index (χ1n) is 8.28. The molecule has 0 aliphatic rings. The van der Waals surface area contributed by atoms with E-state index in [0.717, 1.165) is 11.8 Å². The van der Waals surface area contributed by atoms with Gasteiger partial charge in [-0.25, -0.2) is 8.78 Å². The molecule has 27 heavy (non-hydrogen) atoms. The maximum Gasteiger partial charge on any atom is 0.195 e. The van der Waals surface area contributed by atoms with Gasteiger partial charge in [0.15, 0.2) is 17.5 Å². The molecule has 2 N–H and O–H groups in total. The Kier molecular flexibility index (Phi) is 9.84. The summed E-state index contributed by atoms with van der Waals surface area (Å²) in [6.45, 7) is 3.01. The van der Waals surface area contributed by atoms with E-state index in [1.54, 1.807) is 26.4 Å². The van der Waals surface area contributed by atoms with Gasteiger partial charge in [-0.3, -0.25) is 4.99 Å². The number of benzene rings is 2. The molecular weight excluding hydrogens is 467 g/mol. The molecule has 2 aromatic rings. The first-order valence-corrected chi connectivity index (χ1v) is 8.28. The average Bonchev–Trinajstić information content (AvgIpc) is 2.61. The van der Waals surface area contributed by atoms with Crippen LogP contribution in [0.4, 0.5) is 14.5 Å². The quantitative estimate of drug-likeness (QED) is 0.346. The van der Waals surface area contributed by atoms with E-state index in [0.29, 0.717) is 42.5 Å². The topological polar surface area (TPSA) is 54.9 Å². The second-order valence-electron chi connectivity index (χ2n) is 5.48. The molecule has 0 aliphatic heterocycles. The maximum absolute atomic E-state index is 13.2. The van der Waals surface area contributed by atoms with Gasteiger partial charge < -0.3 is 20.1 Å². The summed E-state index contributed by atoms with van der Waals surface area (Å²) in [7, 11) is 3.14. The number of hydrogen-bond donors (Lipinski definition) is 2. The summed E-state index contributed by atoms with van der Waals surface area (Å²) >= 11 is 0. The molecule has 0 aromatic heterocycles. The fourth-order valence-electron chi connectivity index (χ4n) is 2.41. The van der Waals surface area contributed by atoms with Crippen LogP contribution in [0.15, 0.2) is 41.4 Å². The lowest BCUT2D eigenvalue weighted by Gasteiger charge is -2.14. The number of anilines is 1. The number of guanidine groups is 1. The van der Waals surface area contributed by atoms with Gasteiger partial charge in [0, 0.05) is 30.9 Å². The number of nitrogens with one attached hydrogen (secondary N) is 2. The van der Waals surface area contributed by atoms with E-state index in [1.165, 1.54) is 12.1 Å². The van der Waals surface area contributed by atoms with Crippen molar-refractivity contribution in [1.29, 1.82) is 0 Å². The number of ether oxygens (including phenoxy) is 2. The standard InChI is InChI=1S/C19H23F2N3O2.HI/c1-4-22-19(23-8-7-13-9-14(20)11-15(21)10-13)24-16-5-6-17(25-2)18(12-16)26-3;/h5-6,9-12H,4,7-8H2,1-3H3,(H2,22,23,24);1H. The van der Waals surface area contributed by atoms with Crippen molar-refractivity contribution >= 4 is 35.6 Å². The molecule has 0 spiro atoms. The molecule has 0 fully saturated rings. The molecule has 0 heterocycles. The Morgan fingerprint density at radius 2 is 1.67 bits per heavy atom. The monoisotopic (exact) mass is 491 g/mol. The van der Waals surface area contributed by atoms with Crippen LogP contribution in [-0.4, -0.2) is 33.3 Å². The zero-order chi connectivity index (χ0) is 18.9. The van der Waals surface area contributed by atoms with E-state index in [-0.39, 0.29) is 24.0 Å². The molecule has 0 bridgehead atoms. The van der Waals surface area contributed by atoms with Gasteiger partial charge in [0.05, 0.1) is 14.2 Å². The molecule has 0 radical (unpaired) electrons. The van der Waals surface area contributed by atoms with Gasteiger partial charge in [0.2, 0.25) is 0 Å². The van der Waals surface area contributed by atoms with E-state index < -0.39 is 11.6 Å². The molecular formula is C19H24F2IN3O2. The summed E-state index contributed by atoms with van der Waals surface area (Å²) in [5.74, 6) is 0.631. The lowest BCUT2D eigenvalue weighted by molar-refractivity contribution is 0.355. The van der Waals surface area contributed by atoms with Gasteiger partial charge in [-0.2, -0.15) is 0 Å². The first kappa shape index (κ1) is 22.9. The predicted octanol–water partition coefficient (Wildman–Crippen LogP) is 4.22. The summed E-state index contributed by atoms with van der Waals surface area (Å²) in [4.78, 5) is 4.44. The third-order valence-electron chi connectivity index (χ3n) is 3.58. The molecule has 0 saturated carbocycles. The Balaban J connectivity index is 0.00000364. The Hall–Kier alpha value is -2.10. The fraction of sp³-hybridized carbons (Fsp3) is 0.316. The summed E-state index contributed by atoms with van der Waals surface area (Å²) in [6, 6.07) is 8.92. The van der Waals surface area contributed by atoms with Gasteiger partial charge >= 0.3 is 0 Å². The number of nitrogens with zero attached hydrogens (tertiary/aromatic N) is 1. The smallest absolute Gasteiger partial charge is 0.195 e. The fourth-order valence-corrected chi connectivity index (χ4v) is 2.41. The first-order chi connectivity index (χ1) is 12.5. The van der Waals surface area contributed by atoms with Crippen LogP contribution in [0.2, 0.25) is 0 Å². The van der Waals surface area contributed by atoms with Gasteiger partial charge in [-0.05, 0) is 43.2 Å². The van der Waals surface area contributed by atoms with Crippen LogP contribution in [-0.2, 0) is 6.42 Å². The largest absolute Gasteiger partial charge is 0.493 e. The minimum Gasteiger partial charge on any atom is -0.493 e. The molecule has 148 valence electrons. The second-order valence-corrected chi connectivity index (χ2v) is 5.48. The molecule has 2 aromatic carbocycles. The van der Waals surface area contributed by atoms with Crippen molar-refractivity contribution in [1.82, 2.24) is 5.32 Å². The normalized spacial score (nSPS) is 10.8. The molecule has 0 amide bonds. The molecule has 2 rings (SSSR count). The van der Waals surface area contributed by atoms with Crippen LogP contribution in [0, 0.1) is 11.6 Å². The van der Waals surface area contributed by atoms with Crippen molar-refractivity contribution in [2.75, 3.05) is 32.6 Å². The van der Waals surface area contributed by atoms with E-state index in [1.807, 2.05) is 13.0 Å². The summed E-state index contributed by atoms with van der Waals surface area (Å²) in [5.41, 5.74) is 1.34. The van der Waals surface area contributed by atoms with E-state index in [9.17, 15) is 8.78 Å². The minimum atomic E-state index is -0.584. The highest BCUT2D eigenvalue weighted by atomic mass is 127. The van der Waals surface area contributed by atoms with E-state index in [4.69, 9.17) is 9.47 Å². The Morgan fingerprint density at radius 3 is 2.26 bits per heavy atom. The highest BCUT2D eigenvalue weighted by Gasteiger charge is 2.06. The molecule has 8 heteroatoms. The summed E-state index contributed by atoms with van der Waals surface area (Å²) in [6.07, 6.45) is 0.428. The van der Waals surface area contributed by atoms with Crippen molar-refractivity contribution in [3.63, 3.8) is 0 Å². The highest BCUT2D eigenvalue weighted by Crippen LogP contribution is 2.29. The maximum atomic E-state index is 13.2. The molecule has 0 saturated heterocycles. The minimum absolute atomic E-state index is 0. The number of hydrogen-bond acceptors (Lipinski definition) is 3. The van der Waals surface area contributed by atoms with Gasteiger partial charge in [0.1, 0.15) is 11.6 Å². The third kappa shape index (κ3) is 7.20. The lowest BCUT2D eigenvalue weighted by Crippen LogP contribution is -2.30. The van der Waals surface area contributed by atoms with Crippen LogP contribution in [0.5, 0.6) is 11.5 Å². The van der Waals surface area contributed by atoms with Crippen molar-refractivity contribution in [2.45, 2.75) is 13.3 Å². The van der Waals surface area contributed by atoms with Crippen molar-refractivity contribution in [2.24, 2.45) is 4.99 Å². The number of rotatable bonds is 7. The summed E-state index contributed by atoms with van der Waals surface area (Å²) < 4.78 is 37.0. The number of halogens is 3. The third-order valence-corrected chi connectivity index (χ3v) is 3.58. The average molecular weight is 491 g/mol. The Bertz CT molecular complexity index is 752. The van der Waals surface area contributed by atoms with Crippen LogP contribution in [0.3, 0.4) is 0 Å². The van der Waals surface area contributed by atoms with Crippen molar-refractivity contribution < 1.29 is 18.3 Å².